The molecule has 0 aromatic heterocycles. The number of aliphatic hydroxyl groups excluding tert-OH is 4. The van der Waals surface area contributed by atoms with Gasteiger partial charge in [0.2, 0.25) is 24.0 Å². The molecular weight excluding hydrogens is 677 g/mol. The van der Waals surface area contributed by atoms with Crippen molar-refractivity contribution in [2.24, 2.45) is 0 Å². The average Bonchev–Trinajstić information content (AvgIpc) is 3.17. The van der Waals surface area contributed by atoms with Crippen LogP contribution in [0.4, 0.5) is 5.69 Å². The third-order valence-electron chi connectivity index (χ3n) is 6.36. The lowest BCUT2D eigenvalue weighted by Gasteiger charge is -2.38. The number of likely N-dealkylation sites (tertiary alicyclic amines) is 1. The number of nitrogens with zero attached hydrogens (tertiary/aromatic N) is 1. The van der Waals surface area contributed by atoms with Crippen LogP contribution in [0.15, 0.2) is 18.2 Å². The summed E-state index contributed by atoms with van der Waals surface area (Å²) in [5, 5.41) is 55.4. The van der Waals surface area contributed by atoms with Crippen LogP contribution in [0.2, 0.25) is 0 Å². The van der Waals surface area contributed by atoms with Crippen molar-refractivity contribution in [1.29, 1.82) is 0 Å². The molecule has 2 unspecified atom stereocenters. The Hall–Kier alpha value is -3.10. The highest BCUT2D eigenvalue weighted by Gasteiger charge is 2.48. The number of hydrogen-bond acceptors (Lipinski definition) is 13. The number of carbonyl (C=O) groups excluding carboxylic acids is 4. The van der Waals surface area contributed by atoms with E-state index in [1.165, 1.54) is 25.1 Å². The molecule has 42 heavy (non-hydrogen) atoms. The molecule has 0 bridgehead atoms. The number of aliphatic carboxylic acids is 1. The van der Waals surface area contributed by atoms with Gasteiger partial charge in [0, 0.05) is 39.3 Å². The van der Waals surface area contributed by atoms with E-state index in [1.807, 2.05) is 22.6 Å². The number of amides is 3. The first-order valence-corrected chi connectivity index (χ1v) is 14.1. The fraction of sp³-hybridized carbons (Fsp3) is 0.560. The van der Waals surface area contributed by atoms with Gasteiger partial charge in [-0.1, -0.05) is 28.7 Å². The summed E-state index contributed by atoms with van der Waals surface area (Å²) in [6.07, 6.45) is -10.6. The molecule has 17 heteroatoms. The van der Waals surface area contributed by atoms with Crippen molar-refractivity contribution < 1.29 is 63.7 Å². The molecule has 2 saturated heterocycles. The van der Waals surface area contributed by atoms with Crippen LogP contribution < -0.4 is 15.4 Å². The normalized spacial score (nSPS) is 26.5. The summed E-state index contributed by atoms with van der Waals surface area (Å²) >= 11 is 1.87. The van der Waals surface area contributed by atoms with Crippen molar-refractivity contribution in [1.82, 2.24) is 10.2 Å². The number of rotatable bonds is 13. The Labute approximate surface area is 253 Å². The van der Waals surface area contributed by atoms with E-state index in [4.69, 9.17) is 14.2 Å². The van der Waals surface area contributed by atoms with Gasteiger partial charge in [-0.2, -0.15) is 0 Å². The smallest absolute Gasteiger partial charge is 0.335 e. The van der Waals surface area contributed by atoms with E-state index in [1.54, 1.807) is 0 Å². The minimum Gasteiger partial charge on any atom is -0.479 e. The zero-order chi connectivity index (χ0) is 31.1. The maximum absolute atomic E-state index is 12.2. The van der Waals surface area contributed by atoms with Crippen LogP contribution in [-0.4, -0.2) is 114 Å². The first-order chi connectivity index (χ1) is 19.8. The third kappa shape index (κ3) is 8.71. The van der Waals surface area contributed by atoms with Crippen molar-refractivity contribution >= 4 is 57.9 Å². The van der Waals surface area contributed by atoms with Crippen LogP contribution in [0.5, 0.6) is 5.75 Å². The number of ether oxygens (including phenoxy) is 3. The van der Waals surface area contributed by atoms with Gasteiger partial charge in [-0.3, -0.25) is 24.1 Å². The Balaban J connectivity index is 1.62. The van der Waals surface area contributed by atoms with Gasteiger partial charge in [0.05, 0.1) is 9.61 Å². The molecule has 2 aliphatic rings. The van der Waals surface area contributed by atoms with Crippen molar-refractivity contribution in [2.75, 3.05) is 18.4 Å². The van der Waals surface area contributed by atoms with Crippen LogP contribution in [0, 0.1) is 0 Å². The van der Waals surface area contributed by atoms with Crippen LogP contribution >= 0.6 is 22.6 Å². The fourth-order valence-corrected chi connectivity index (χ4v) is 4.83. The van der Waals surface area contributed by atoms with Gasteiger partial charge in [-0.15, -0.1) is 0 Å². The average molecular weight is 709 g/mol. The van der Waals surface area contributed by atoms with Crippen molar-refractivity contribution in [3.05, 3.63) is 23.8 Å². The highest BCUT2D eigenvalue weighted by Crippen LogP contribution is 2.31. The van der Waals surface area contributed by atoms with E-state index >= 15 is 0 Å². The van der Waals surface area contributed by atoms with Gasteiger partial charge >= 0.3 is 11.9 Å². The molecular formula is C25H32IN3O13. The zero-order valence-corrected chi connectivity index (χ0v) is 24.5. The quantitative estimate of drug-likeness (QED) is 0.0394. The molecule has 2 fully saturated rings. The Morgan fingerprint density at radius 1 is 1.17 bits per heavy atom. The summed E-state index contributed by atoms with van der Waals surface area (Å²) in [6.45, 7) is 1.03. The van der Waals surface area contributed by atoms with E-state index < -0.39 is 58.7 Å². The van der Waals surface area contributed by atoms with E-state index in [0.29, 0.717) is 5.56 Å². The first-order valence-electron chi connectivity index (χ1n) is 12.8. The van der Waals surface area contributed by atoms with Crippen LogP contribution in [0.25, 0.3) is 0 Å². The second kappa shape index (κ2) is 14.9. The Morgan fingerprint density at radius 3 is 2.50 bits per heavy atom. The highest BCUT2D eigenvalue weighted by atomic mass is 127. The van der Waals surface area contributed by atoms with Crippen molar-refractivity contribution in [2.45, 2.75) is 73.7 Å². The molecule has 2 heterocycles. The van der Waals surface area contributed by atoms with Gasteiger partial charge < -0.3 is 50.4 Å². The summed E-state index contributed by atoms with van der Waals surface area (Å²) in [4.78, 5) is 59.7. The summed E-state index contributed by atoms with van der Waals surface area (Å²) in [5.74, 6) is -3.31. The van der Waals surface area contributed by atoms with E-state index in [9.17, 15) is 49.5 Å². The van der Waals surface area contributed by atoms with E-state index in [0.717, 1.165) is 4.90 Å². The number of carboxylic acids is 1. The summed E-state index contributed by atoms with van der Waals surface area (Å²) in [5.41, 5.74) is 0.561. The lowest BCUT2D eigenvalue weighted by atomic mass is 9.99. The number of carboxylic acid groups (broad SMARTS) is 1. The summed E-state index contributed by atoms with van der Waals surface area (Å²) in [7, 11) is 0. The number of anilines is 1. The number of carbonyl (C=O) groups is 5. The number of esters is 1. The van der Waals surface area contributed by atoms with Gasteiger partial charge in [0.15, 0.2) is 6.10 Å². The van der Waals surface area contributed by atoms with Crippen molar-refractivity contribution in [3.8, 4) is 5.75 Å². The molecule has 0 saturated carbocycles. The van der Waals surface area contributed by atoms with Crippen LogP contribution in [-0.2, 0) is 40.1 Å². The molecule has 2 aliphatic heterocycles. The van der Waals surface area contributed by atoms with E-state index in [2.05, 4.69) is 10.6 Å². The number of halogens is 1. The predicted octanol–water partition coefficient (Wildman–Crippen LogP) is -1.79. The molecule has 0 aliphatic carbocycles. The number of alkyl halides is 1. The molecule has 0 radical (unpaired) electrons. The molecule has 1 aromatic carbocycles. The molecule has 3 rings (SSSR count). The fourth-order valence-electron chi connectivity index (χ4n) is 4.12. The molecule has 232 valence electrons. The van der Waals surface area contributed by atoms with Gasteiger partial charge in [0.1, 0.15) is 36.9 Å². The highest BCUT2D eigenvalue weighted by molar-refractivity contribution is 14.1. The standard InChI is InChI=1S/C25H32IN3O13/c1-11(30)40-10-12-2-3-15(41-25-21(36)19(34)20(35)22(42-25)24(38)39)14(8-12)28-17(32)4-6-27-16(31)5-7-29-18(33)9-13(26)23(29)37/h2-3,8,13,17,19-22,25,28,32,34-36H,4-7,9-10H2,1H3,(H,27,31)(H,38,39)/t13?,17?,19-,20-,21+,22-,25+/m0/s1. The second-order valence-corrected chi connectivity index (χ2v) is 11.1. The SMILES string of the molecule is CC(=O)OCc1ccc(O[C@@H]2O[C@H](C(=O)O)[C@@H](O)[C@H](O)[C@H]2O)c(NC(O)CCNC(=O)CCN2C(=O)CC(I)C2=O)c1. The first kappa shape index (κ1) is 33.4. The molecule has 16 nitrogen and oxygen atoms in total. The Morgan fingerprint density at radius 2 is 1.88 bits per heavy atom. The topological polar surface area (TPSA) is 241 Å². The third-order valence-corrected chi connectivity index (χ3v) is 7.33. The molecule has 7 N–H and O–H groups in total. The summed E-state index contributed by atoms with van der Waals surface area (Å²) in [6, 6.07) is 4.29. The number of benzene rings is 1. The minimum absolute atomic E-state index is 0.00194. The predicted molar refractivity (Wildman–Crippen MR) is 148 cm³/mol. The Kier molecular flexibility index (Phi) is 11.8. The molecule has 3 amide bonds. The maximum Gasteiger partial charge on any atom is 0.335 e. The zero-order valence-electron chi connectivity index (χ0n) is 22.3. The van der Waals surface area contributed by atoms with Crippen molar-refractivity contribution in [3.63, 3.8) is 0 Å². The molecule has 1 aromatic rings. The maximum atomic E-state index is 12.2. The monoisotopic (exact) mass is 709 g/mol. The molecule has 0 spiro atoms. The number of nitrogens with one attached hydrogen (secondary N) is 2. The van der Waals surface area contributed by atoms with Crippen LogP contribution in [0.3, 0.4) is 0 Å². The van der Waals surface area contributed by atoms with Crippen LogP contribution in [0.1, 0.15) is 31.7 Å². The van der Waals surface area contributed by atoms with Gasteiger partial charge in [-0.05, 0) is 17.7 Å². The number of hydrogen-bond donors (Lipinski definition) is 7. The Bertz CT molecular complexity index is 1180. The summed E-state index contributed by atoms with van der Waals surface area (Å²) < 4.78 is 15.3. The lowest BCUT2D eigenvalue weighted by molar-refractivity contribution is -0.271. The lowest BCUT2D eigenvalue weighted by Crippen LogP contribution is -2.61. The second-order valence-electron chi connectivity index (χ2n) is 9.57. The van der Waals surface area contributed by atoms with Gasteiger partial charge in [-0.25, -0.2) is 4.79 Å². The van der Waals surface area contributed by atoms with E-state index in [-0.39, 0.29) is 62.2 Å². The minimum atomic E-state index is -1.92. The molecule has 7 atom stereocenters. The van der Waals surface area contributed by atoms with Gasteiger partial charge in [0.25, 0.3) is 0 Å². The largest absolute Gasteiger partial charge is 0.479 e. The number of imide groups is 1. The number of aliphatic hydroxyl groups is 4.